The largest absolute Gasteiger partial charge is 0.171 e. The van der Waals surface area contributed by atoms with E-state index in [2.05, 4.69) is 58.1 Å². The van der Waals surface area contributed by atoms with Crippen LogP contribution in [0.4, 0.5) is 0 Å². The number of hydrogen-bond acceptors (Lipinski definition) is 0. The molecular formula is C16H23Cl2Zr-. The Kier molecular flexibility index (Phi) is 10.5. The Morgan fingerprint density at radius 3 is 2.16 bits per heavy atom. The second-order valence-electron chi connectivity index (χ2n) is 5.25. The average molecular weight is 377 g/mol. The maximum atomic E-state index is 2.31. The molecule has 0 nitrogen and oxygen atoms in total. The molecule has 106 valence electrons. The van der Waals surface area contributed by atoms with Gasteiger partial charge in [-0.05, 0) is 6.42 Å². The van der Waals surface area contributed by atoms with Crippen LogP contribution < -0.4 is 0 Å². The van der Waals surface area contributed by atoms with E-state index in [4.69, 9.17) is 0 Å². The molecule has 0 amide bonds. The SMILES string of the molecule is CC(C)c1cc[c-](C(C)C)c1C1=CC=CC1.Cl.Cl.[Zr]. The van der Waals surface area contributed by atoms with E-state index < -0.39 is 0 Å². The fraction of sp³-hybridized carbons (Fsp3) is 0.438. The molecule has 3 heteroatoms. The molecule has 0 aromatic heterocycles. The molecule has 1 aromatic rings. The Morgan fingerprint density at radius 1 is 1.11 bits per heavy atom. The van der Waals surface area contributed by atoms with Crippen LogP contribution >= 0.6 is 24.8 Å². The maximum absolute atomic E-state index is 2.31. The summed E-state index contributed by atoms with van der Waals surface area (Å²) in [6.07, 6.45) is 7.80. The van der Waals surface area contributed by atoms with Gasteiger partial charge in [0.15, 0.2) is 0 Å². The summed E-state index contributed by atoms with van der Waals surface area (Å²) in [5, 5.41) is 0. The number of rotatable bonds is 3. The standard InChI is InChI=1S/C16H21.2ClH.Zr/c1-11(2)14-9-10-15(12(3)4)16(14)13-7-5-6-8-13;;;/h5-7,9-12H,8H2,1-4H3;2*1H;/q-1;;;. The van der Waals surface area contributed by atoms with Crippen molar-refractivity contribution < 1.29 is 26.2 Å². The van der Waals surface area contributed by atoms with Crippen LogP contribution in [0.2, 0.25) is 0 Å². The molecule has 2 rings (SSSR count). The van der Waals surface area contributed by atoms with E-state index in [9.17, 15) is 0 Å². The van der Waals surface area contributed by atoms with Gasteiger partial charge >= 0.3 is 0 Å². The summed E-state index contributed by atoms with van der Waals surface area (Å²) in [4.78, 5) is 0. The number of allylic oxidation sites excluding steroid dienone is 4. The first-order valence-corrected chi connectivity index (χ1v) is 6.26. The fourth-order valence-electron chi connectivity index (χ4n) is 2.48. The molecule has 1 aromatic carbocycles. The van der Waals surface area contributed by atoms with Gasteiger partial charge in [0.2, 0.25) is 0 Å². The Labute approximate surface area is 149 Å². The van der Waals surface area contributed by atoms with Crippen molar-refractivity contribution in [2.45, 2.75) is 46.0 Å². The van der Waals surface area contributed by atoms with Crippen molar-refractivity contribution in [3.63, 3.8) is 0 Å². The first-order valence-electron chi connectivity index (χ1n) is 6.26. The van der Waals surface area contributed by atoms with Gasteiger partial charge in [0.1, 0.15) is 0 Å². The third kappa shape index (κ3) is 4.66. The molecule has 0 heterocycles. The van der Waals surface area contributed by atoms with Gasteiger partial charge in [0, 0.05) is 26.2 Å². The topological polar surface area (TPSA) is 0 Å². The average Bonchev–Trinajstić information content (AvgIpc) is 2.85. The van der Waals surface area contributed by atoms with Gasteiger partial charge in [-0.3, -0.25) is 0 Å². The fourth-order valence-corrected chi connectivity index (χ4v) is 2.48. The molecule has 0 saturated heterocycles. The molecule has 19 heavy (non-hydrogen) atoms. The van der Waals surface area contributed by atoms with Crippen LogP contribution in [0.25, 0.3) is 5.57 Å². The third-order valence-corrected chi connectivity index (χ3v) is 3.36. The van der Waals surface area contributed by atoms with Crippen molar-refractivity contribution in [1.82, 2.24) is 0 Å². The summed E-state index contributed by atoms with van der Waals surface area (Å²) in [5.41, 5.74) is 6.05. The Balaban J connectivity index is 0. The van der Waals surface area contributed by atoms with Crippen molar-refractivity contribution in [1.29, 1.82) is 0 Å². The van der Waals surface area contributed by atoms with E-state index in [1.54, 1.807) is 0 Å². The minimum Gasteiger partial charge on any atom is -0.171 e. The third-order valence-electron chi connectivity index (χ3n) is 3.36. The molecule has 0 radical (unpaired) electrons. The zero-order chi connectivity index (χ0) is 11.7. The second-order valence-corrected chi connectivity index (χ2v) is 5.25. The van der Waals surface area contributed by atoms with Gasteiger partial charge in [0.25, 0.3) is 0 Å². The van der Waals surface area contributed by atoms with E-state index in [-0.39, 0.29) is 51.0 Å². The predicted molar refractivity (Wildman–Crippen MR) is 86.4 cm³/mol. The molecule has 0 saturated carbocycles. The van der Waals surface area contributed by atoms with Crippen LogP contribution in [-0.2, 0) is 26.2 Å². The van der Waals surface area contributed by atoms with Crippen molar-refractivity contribution in [2.75, 3.05) is 0 Å². The Bertz CT molecular complexity index is 414. The second kappa shape index (κ2) is 9.27. The zero-order valence-corrected chi connectivity index (χ0v) is 16.2. The van der Waals surface area contributed by atoms with E-state index in [0.717, 1.165) is 6.42 Å². The maximum Gasteiger partial charge on any atom is 0 e. The molecule has 0 N–H and O–H groups in total. The molecule has 0 atom stereocenters. The van der Waals surface area contributed by atoms with Crippen molar-refractivity contribution >= 4 is 30.4 Å². The Hall–Kier alpha value is 0.293. The number of halogens is 2. The van der Waals surface area contributed by atoms with Gasteiger partial charge in [-0.15, -0.1) is 53.7 Å². The van der Waals surface area contributed by atoms with Crippen LogP contribution in [0.5, 0.6) is 0 Å². The molecule has 0 bridgehead atoms. The van der Waals surface area contributed by atoms with Crippen LogP contribution in [0.1, 0.15) is 62.6 Å². The quantitative estimate of drug-likeness (QED) is 0.581. The summed E-state index contributed by atoms with van der Waals surface area (Å²) < 4.78 is 0. The van der Waals surface area contributed by atoms with Gasteiger partial charge in [-0.2, -0.15) is 11.6 Å². The molecular weight excluding hydrogens is 354 g/mol. The molecule has 0 fully saturated rings. The minimum absolute atomic E-state index is 0. The van der Waals surface area contributed by atoms with E-state index >= 15 is 0 Å². The van der Waals surface area contributed by atoms with Crippen LogP contribution in [0.15, 0.2) is 30.4 Å². The molecule has 0 spiro atoms. The number of hydrogen-bond donors (Lipinski definition) is 0. The van der Waals surface area contributed by atoms with Gasteiger partial charge < -0.3 is 0 Å². The summed E-state index contributed by atoms with van der Waals surface area (Å²) in [6.45, 7) is 9.13. The van der Waals surface area contributed by atoms with Gasteiger partial charge in [0.05, 0.1) is 0 Å². The molecule has 0 unspecified atom stereocenters. The summed E-state index contributed by atoms with van der Waals surface area (Å²) in [6, 6.07) is 4.63. The van der Waals surface area contributed by atoms with Gasteiger partial charge in [-0.1, -0.05) is 51.7 Å². The molecule has 0 aliphatic heterocycles. The van der Waals surface area contributed by atoms with Crippen molar-refractivity contribution in [3.8, 4) is 0 Å². The Morgan fingerprint density at radius 2 is 1.74 bits per heavy atom. The predicted octanol–water partition coefficient (Wildman–Crippen LogP) is 5.84. The van der Waals surface area contributed by atoms with Crippen LogP contribution in [0, 0.1) is 0 Å². The van der Waals surface area contributed by atoms with Crippen molar-refractivity contribution in [3.05, 3.63) is 47.1 Å². The van der Waals surface area contributed by atoms with E-state index in [1.165, 1.54) is 22.3 Å². The first kappa shape index (κ1) is 21.6. The van der Waals surface area contributed by atoms with E-state index in [0.29, 0.717) is 11.8 Å². The summed E-state index contributed by atoms with van der Waals surface area (Å²) in [7, 11) is 0. The van der Waals surface area contributed by atoms with Crippen LogP contribution in [-0.4, -0.2) is 0 Å². The smallest absolute Gasteiger partial charge is 0 e. The van der Waals surface area contributed by atoms with Crippen molar-refractivity contribution in [2.24, 2.45) is 0 Å². The van der Waals surface area contributed by atoms with Gasteiger partial charge in [-0.25, -0.2) is 0 Å². The van der Waals surface area contributed by atoms with E-state index in [1.807, 2.05) is 0 Å². The first-order chi connectivity index (χ1) is 7.61. The summed E-state index contributed by atoms with van der Waals surface area (Å²) >= 11 is 0. The molecule has 1 aliphatic rings. The monoisotopic (exact) mass is 375 g/mol. The minimum atomic E-state index is 0. The zero-order valence-electron chi connectivity index (χ0n) is 12.1. The van der Waals surface area contributed by atoms with Crippen LogP contribution in [0.3, 0.4) is 0 Å². The molecule has 1 aliphatic carbocycles. The normalized spacial score (nSPS) is 12.8. The summed E-state index contributed by atoms with van der Waals surface area (Å²) in [5.74, 6) is 1.23.